The van der Waals surface area contributed by atoms with E-state index in [-0.39, 0.29) is 0 Å². The molecule has 1 aromatic carbocycles. The van der Waals surface area contributed by atoms with Crippen LogP contribution in [0.4, 0.5) is 0 Å². The zero-order chi connectivity index (χ0) is 14.8. The highest BCUT2D eigenvalue weighted by atomic mass is 16.5. The molecule has 0 radical (unpaired) electrons. The second kappa shape index (κ2) is 5.20. The lowest BCUT2D eigenvalue weighted by molar-refractivity contribution is 0.0601. The van der Waals surface area contributed by atoms with Crippen LogP contribution in [0.3, 0.4) is 0 Å². The predicted molar refractivity (Wildman–Crippen MR) is 77.8 cm³/mol. The molecule has 21 heavy (non-hydrogen) atoms. The van der Waals surface area contributed by atoms with E-state index in [9.17, 15) is 9.59 Å². The molecule has 5 heteroatoms. The Hall–Kier alpha value is -2.95. The van der Waals surface area contributed by atoms with Crippen molar-refractivity contribution in [3.63, 3.8) is 0 Å². The molecule has 0 fully saturated rings. The van der Waals surface area contributed by atoms with Gasteiger partial charge in [-0.25, -0.2) is 9.78 Å². The number of methoxy groups -OCH3 is 1. The number of rotatable bonds is 3. The van der Waals surface area contributed by atoms with Gasteiger partial charge in [-0.3, -0.25) is 4.79 Å². The van der Waals surface area contributed by atoms with Gasteiger partial charge in [-0.2, -0.15) is 0 Å². The monoisotopic (exact) mass is 280 g/mol. The SMILES string of the molecule is COC(=O)c1ccc2c(c1)c(C=O)cn2-c1ccccn1. The van der Waals surface area contributed by atoms with Crippen LogP contribution in [-0.4, -0.2) is 28.9 Å². The van der Waals surface area contributed by atoms with Crippen molar-refractivity contribution in [2.75, 3.05) is 7.11 Å². The second-order valence-electron chi connectivity index (χ2n) is 4.48. The summed E-state index contributed by atoms with van der Waals surface area (Å²) >= 11 is 0. The maximum absolute atomic E-state index is 11.6. The number of pyridine rings is 1. The minimum atomic E-state index is -0.431. The number of nitrogens with zero attached hydrogens (tertiary/aromatic N) is 2. The Morgan fingerprint density at radius 1 is 1.29 bits per heavy atom. The van der Waals surface area contributed by atoms with E-state index in [4.69, 9.17) is 4.74 Å². The van der Waals surface area contributed by atoms with Crippen LogP contribution in [0.2, 0.25) is 0 Å². The number of hydrogen-bond donors (Lipinski definition) is 0. The van der Waals surface area contributed by atoms with Gasteiger partial charge >= 0.3 is 5.97 Å². The predicted octanol–water partition coefficient (Wildman–Crippen LogP) is 2.62. The van der Waals surface area contributed by atoms with E-state index in [1.807, 2.05) is 22.8 Å². The van der Waals surface area contributed by atoms with Gasteiger partial charge in [-0.1, -0.05) is 6.07 Å². The molecule has 5 nitrogen and oxygen atoms in total. The Balaban J connectivity index is 2.25. The Morgan fingerprint density at radius 3 is 2.81 bits per heavy atom. The average molecular weight is 280 g/mol. The van der Waals surface area contributed by atoms with Crippen molar-refractivity contribution in [2.45, 2.75) is 0 Å². The second-order valence-corrected chi connectivity index (χ2v) is 4.48. The van der Waals surface area contributed by atoms with E-state index < -0.39 is 5.97 Å². The van der Waals surface area contributed by atoms with Gasteiger partial charge in [0.15, 0.2) is 6.29 Å². The van der Waals surface area contributed by atoms with Crippen LogP contribution in [-0.2, 0) is 4.74 Å². The summed E-state index contributed by atoms with van der Waals surface area (Å²) in [6.07, 6.45) is 4.16. The minimum Gasteiger partial charge on any atom is -0.465 e. The summed E-state index contributed by atoms with van der Waals surface area (Å²) in [5.41, 5.74) is 1.72. The van der Waals surface area contributed by atoms with Crippen LogP contribution in [0, 0.1) is 0 Å². The number of aromatic nitrogens is 2. The van der Waals surface area contributed by atoms with E-state index in [1.54, 1.807) is 30.6 Å². The van der Waals surface area contributed by atoms with Crippen LogP contribution in [0.25, 0.3) is 16.7 Å². The van der Waals surface area contributed by atoms with Crippen molar-refractivity contribution in [1.82, 2.24) is 9.55 Å². The molecule has 0 saturated carbocycles. The summed E-state index contributed by atoms with van der Waals surface area (Å²) in [6.45, 7) is 0. The molecular weight excluding hydrogens is 268 g/mol. The molecule has 3 rings (SSSR count). The number of aldehydes is 1. The van der Waals surface area contributed by atoms with E-state index in [0.717, 1.165) is 11.8 Å². The normalized spacial score (nSPS) is 10.5. The first kappa shape index (κ1) is 13.1. The van der Waals surface area contributed by atoms with Gasteiger partial charge in [0.05, 0.1) is 18.2 Å². The third-order valence-corrected chi connectivity index (χ3v) is 3.28. The van der Waals surface area contributed by atoms with Crippen molar-refractivity contribution in [3.8, 4) is 5.82 Å². The summed E-state index contributed by atoms with van der Waals surface area (Å²) in [5.74, 6) is 0.278. The highest BCUT2D eigenvalue weighted by molar-refractivity contribution is 6.02. The lowest BCUT2D eigenvalue weighted by Crippen LogP contribution is -2.01. The van der Waals surface area contributed by atoms with Gasteiger partial charge in [-0.05, 0) is 30.3 Å². The fourth-order valence-corrected chi connectivity index (χ4v) is 2.28. The molecule has 0 aliphatic rings. The number of ether oxygens (including phenoxy) is 1. The van der Waals surface area contributed by atoms with Gasteiger partial charge < -0.3 is 9.30 Å². The standard InChI is InChI=1S/C16H12N2O3/c1-21-16(20)11-5-6-14-13(8-11)12(10-19)9-18(14)15-4-2-3-7-17-15/h2-10H,1H3. The molecule has 0 aliphatic carbocycles. The summed E-state index contributed by atoms with van der Waals surface area (Å²) in [6, 6.07) is 10.7. The summed E-state index contributed by atoms with van der Waals surface area (Å²) < 4.78 is 6.52. The number of esters is 1. The summed E-state index contributed by atoms with van der Waals surface area (Å²) in [4.78, 5) is 27.1. The number of fused-ring (bicyclic) bond motifs is 1. The Morgan fingerprint density at radius 2 is 2.14 bits per heavy atom. The number of benzene rings is 1. The summed E-state index contributed by atoms with van der Waals surface area (Å²) in [5, 5.41) is 0.693. The lowest BCUT2D eigenvalue weighted by Gasteiger charge is -2.04. The van der Waals surface area contributed by atoms with Crippen molar-refractivity contribution in [3.05, 3.63) is 59.9 Å². The molecule has 0 atom stereocenters. The third-order valence-electron chi connectivity index (χ3n) is 3.28. The summed E-state index contributed by atoms with van der Waals surface area (Å²) in [7, 11) is 1.33. The van der Waals surface area contributed by atoms with Gasteiger partial charge in [0.2, 0.25) is 0 Å². The minimum absolute atomic E-state index is 0.409. The Kier molecular flexibility index (Phi) is 3.23. The van der Waals surface area contributed by atoms with Crippen LogP contribution < -0.4 is 0 Å². The third kappa shape index (κ3) is 2.18. The van der Waals surface area contributed by atoms with Crippen LogP contribution >= 0.6 is 0 Å². The molecule has 0 unspecified atom stereocenters. The van der Waals surface area contributed by atoms with Crippen LogP contribution in [0.15, 0.2) is 48.8 Å². The molecule has 0 saturated heterocycles. The molecule has 0 aliphatic heterocycles. The van der Waals surface area contributed by atoms with Crippen LogP contribution in [0.5, 0.6) is 0 Å². The molecule has 0 amide bonds. The quantitative estimate of drug-likeness (QED) is 0.546. The van der Waals surface area contributed by atoms with Gasteiger partial charge in [0.25, 0.3) is 0 Å². The van der Waals surface area contributed by atoms with E-state index in [1.165, 1.54) is 7.11 Å². The molecule has 2 heterocycles. The van der Waals surface area contributed by atoms with Gasteiger partial charge in [-0.15, -0.1) is 0 Å². The molecule has 0 bridgehead atoms. The van der Waals surface area contributed by atoms with Crippen molar-refractivity contribution in [1.29, 1.82) is 0 Å². The van der Waals surface area contributed by atoms with Crippen LogP contribution in [0.1, 0.15) is 20.7 Å². The first-order chi connectivity index (χ1) is 10.2. The lowest BCUT2D eigenvalue weighted by atomic mass is 10.1. The molecule has 0 spiro atoms. The van der Waals surface area contributed by atoms with E-state index in [0.29, 0.717) is 22.3 Å². The Bertz CT molecular complexity index is 822. The highest BCUT2D eigenvalue weighted by Gasteiger charge is 2.13. The number of carbonyl (C=O) groups is 2. The maximum Gasteiger partial charge on any atom is 0.337 e. The Labute approximate surface area is 120 Å². The van der Waals surface area contributed by atoms with E-state index >= 15 is 0 Å². The number of carbonyl (C=O) groups excluding carboxylic acids is 2. The van der Waals surface area contributed by atoms with Crippen molar-refractivity contribution < 1.29 is 14.3 Å². The topological polar surface area (TPSA) is 61.2 Å². The largest absolute Gasteiger partial charge is 0.465 e. The fraction of sp³-hybridized carbons (Fsp3) is 0.0625. The van der Waals surface area contributed by atoms with Gasteiger partial charge in [0, 0.05) is 23.3 Å². The first-order valence-electron chi connectivity index (χ1n) is 6.34. The molecule has 2 aromatic heterocycles. The zero-order valence-corrected chi connectivity index (χ0v) is 11.3. The molecule has 3 aromatic rings. The smallest absolute Gasteiger partial charge is 0.337 e. The zero-order valence-electron chi connectivity index (χ0n) is 11.3. The van der Waals surface area contributed by atoms with Crippen molar-refractivity contribution >= 4 is 23.2 Å². The molecule has 0 N–H and O–H groups in total. The highest BCUT2D eigenvalue weighted by Crippen LogP contribution is 2.24. The van der Waals surface area contributed by atoms with Gasteiger partial charge in [0.1, 0.15) is 5.82 Å². The van der Waals surface area contributed by atoms with E-state index in [2.05, 4.69) is 4.98 Å². The molecule has 104 valence electrons. The fourth-order valence-electron chi connectivity index (χ4n) is 2.28. The first-order valence-corrected chi connectivity index (χ1v) is 6.34. The van der Waals surface area contributed by atoms with Crippen molar-refractivity contribution in [2.24, 2.45) is 0 Å². The number of hydrogen-bond acceptors (Lipinski definition) is 4. The maximum atomic E-state index is 11.6. The molecular formula is C16H12N2O3. The average Bonchev–Trinajstić information content (AvgIpc) is 2.92.